The Hall–Kier alpha value is -2.39. The van der Waals surface area contributed by atoms with Gasteiger partial charge in [-0.3, -0.25) is 4.79 Å². The summed E-state index contributed by atoms with van der Waals surface area (Å²) in [4.78, 5) is 19.1. The van der Waals surface area contributed by atoms with Crippen molar-refractivity contribution >= 4 is 30.3 Å². The van der Waals surface area contributed by atoms with Crippen LogP contribution in [0.2, 0.25) is 5.02 Å². The molecule has 0 radical (unpaired) electrons. The molecule has 7 nitrogen and oxygen atoms in total. The number of carbonyl (C=O) groups excluding carboxylic acids is 1. The topological polar surface area (TPSA) is 100 Å². The van der Waals surface area contributed by atoms with E-state index in [1.54, 1.807) is 6.07 Å². The lowest BCUT2D eigenvalue weighted by atomic mass is 9.74. The molecule has 1 aliphatic rings. The van der Waals surface area contributed by atoms with E-state index < -0.39 is 24.6 Å². The van der Waals surface area contributed by atoms with Crippen LogP contribution in [0.5, 0.6) is 0 Å². The predicted octanol–water partition coefficient (Wildman–Crippen LogP) is 3.16. The Balaban J connectivity index is 1.69. The van der Waals surface area contributed by atoms with E-state index in [1.165, 1.54) is 0 Å². The summed E-state index contributed by atoms with van der Waals surface area (Å²) in [5.74, 6) is -1.08. The van der Waals surface area contributed by atoms with E-state index in [2.05, 4.69) is 10.5 Å². The van der Waals surface area contributed by atoms with Gasteiger partial charge in [0.1, 0.15) is 0 Å². The smallest absolute Gasteiger partial charge is 0.426 e. The molecule has 9 heteroatoms. The molecule has 0 saturated heterocycles. The van der Waals surface area contributed by atoms with Crippen molar-refractivity contribution in [1.82, 2.24) is 5.32 Å². The SMILES string of the molecule is CC(C)C[C@H](NC(=O)C1(Cc2ccccc2)CC(COCc2cccc(Cl)c2)=NO1)B(O)O. The molecule has 1 unspecified atom stereocenters. The third-order valence-electron chi connectivity index (χ3n) is 5.41. The molecule has 3 N–H and O–H groups in total. The molecule has 1 amide bonds. The first kappa shape index (κ1) is 25.2. The minimum Gasteiger partial charge on any atom is -0.426 e. The number of rotatable bonds is 11. The van der Waals surface area contributed by atoms with Crippen molar-refractivity contribution in [3.8, 4) is 0 Å². The number of oxime groups is 1. The minimum atomic E-state index is -1.67. The fourth-order valence-electron chi connectivity index (χ4n) is 3.82. The monoisotopic (exact) mass is 472 g/mol. The Kier molecular flexibility index (Phi) is 8.91. The number of nitrogens with zero attached hydrogens (tertiary/aromatic N) is 1. The van der Waals surface area contributed by atoms with Crippen LogP contribution in [0.4, 0.5) is 0 Å². The van der Waals surface area contributed by atoms with Gasteiger partial charge < -0.3 is 24.9 Å². The molecule has 0 aliphatic carbocycles. The normalized spacial score (nSPS) is 18.5. The van der Waals surface area contributed by atoms with Gasteiger partial charge in [0.15, 0.2) is 0 Å². The van der Waals surface area contributed by atoms with Crippen molar-refractivity contribution < 1.29 is 24.4 Å². The molecular formula is C24H30BClN2O5. The maximum absolute atomic E-state index is 13.4. The zero-order valence-corrected chi connectivity index (χ0v) is 19.7. The maximum Gasteiger partial charge on any atom is 0.475 e. The van der Waals surface area contributed by atoms with E-state index in [4.69, 9.17) is 21.2 Å². The standard InChI is InChI=1S/C24H30BClN2O5/c1-17(2)11-22(25(30)31)27-23(29)24(13-18-7-4-3-5-8-18)14-21(28-33-24)16-32-15-19-9-6-10-20(26)12-19/h3-10,12,17,22,30-31H,11,13-16H2,1-2H3,(H,27,29)/t22-,24?/m0/s1. The summed E-state index contributed by atoms with van der Waals surface area (Å²) >= 11 is 6.02. The van der Waals surface area contributed by atoms with Crippen LogP contribution in [0.1, 0.15) is 37.8 Å². The molecule has 2 aromatic carbocycles. The van der Waals surface area contributed by atoms with Crippen molar-refractivity contribution in [3.05, 3.63) is 70.7 Å². The van der Waals surface area contributed by atoms with E-state index in [0.717, 1.165) is 11.1 Å². The van der Waals surface area contributed by atoms with E-state index in [0.29, 0.717) is 23.8 Å². The number of nitrogens with one attached hydrogen (secondary N) is 1. The fourth-order valence-corrected chi connectivity index (χ4v) is 4.04. The molecular weight excluding hydrogens is 443 g/mol. The Morgan fingerprint density at radius 2 is 1.91 bits per heavy atom. The summed E-state index contributed by atoms with van der Waals surface area (Å²) in [6.45, 7) is 4.45. The van der Waals surface area contributed by atoms with Crippen LogP contribution in [0.3, 0.4) is 0 Å². The fraction of sp³-hybridized carbons (Fsp3) is 0.417. The molecule has 2 aromatic rings. The number of ether oxygens (including phenoxy) is 1. The van der Waals surface area contributed by atoms with Crippen LogP contribution in [0.25, 0.3) is 0 Å². The Labute approximate surface area is 199 Å². The van der Waals surface area contributed by atoms with Gasteiger partial charge in [0.05, 0.1) is 24.9 Å². The van der Waals surface area contributed by atoms with E-state index in [9.17, 15) is 14.8 Å². The number of hydrogen-bond acceptors (Lipinski definition) is 6. The van der Waals surface area contributed by atoms with Gasteiger partial charge >= 0.3 is 7.12 Å². The first-order chi connectivity index (χ1) is 15.8. The molecule has 1 aliphatic heterocycles. The first-order valence-electron chi connectivity index (χ1n) is 11.0. The molecule has 0 saturated carbocycles. The molecule has 176 valence electrons. The van der Waals surface area contributed by atoms with E-state index in [1.807, 2.05) is 62.4 Å². The van der Waals surface area contributed by atoms with Gasteiger partial charge in [0.2, 0.25) is 5.60 Å². The minimum absolute atomic E-state index is 0.165. The zero-order valence-electron chi connectivity index (χ0n) is 18.9. The molecule has 2 atom stereocenters. The second kappa shape index (κ2) is 11.7. The summed E-state index contributed by atoms with van der Waals surface area (Å²) in [6, 6.07) is 16.9. The second-order valence-corrected chi connectivity index (χ2v) is 9.26. The van der Waals surface area contributed by atoms with Crippen LogP contribution in [0.15, 0.2) is 59.8 Å². The Morgan fingerprint density at radius 1 is 1.18 bits per heavy atom. The molecule has 33 heavy (non-hydrogen) atoms. The van der Waals surface area contributed by atoms with Crippen molar-refractivity contribution in [2.45, 2.75) is 51.3 Å². The number of benzene rings is 2. The lowest BCUT2D eigenvalue weighted by Crippen LogP contribution is -2.56. The Morgan fingerprint density at radius 3 is 2.58 bits per heavy atom. The van der Waals surface area contributed by atoms with Crippen LogP contribution in [0, 0.1) is 5.92 Å². The van der Waals surface area contributed by atoms with Crippen molar-refractivity contribution in [2.75, 3.05) is 6.61 Å². The first-order valence-corrected chi connectivity index (χ1v) is 11.4. The average molecular weight is 473 g/mol. The van der Waals surface area contributed by atoms with E-state index >= 15 is 0 Å². The average Bonchev–Trinajstić information content (AvgIpc) is 3.17. The molecule has 0 bridgehead atoms. The highest BCUT2D eigenvalue weighted by atomic mass is 35.5. The highest BCUT2D eigenvalue weighted by molar-refractivity contribution is 6.43. The van der Waals surface area contributed by atoms with Gasteiger partial charge in [0.25, 0.3) is 5.91 Å². The highest BCUT2D eigenvalue weighted by Gasteiger charge is 2.48. The molecule has 0 aromatic heterocycles. The summed E-state index contributed by atoms with van der Waals surface area (Å²) in [6.07, 6.45) is 0.942. The van der Waals surface area contributed by atoms with Crippen LogP contribution >= 0.6 is 11.6 Å². The van der Waals surface area contributed by atoms with Crippen molar-refractivity contribution in [3.63, 3.8) is 0 Å². The summed E-state index contributed by atoms with van der Waals surface area (Å²) in [7, 11) is -1.67. The van der Waals surface area contributed by atoms with Crippen LogP contribution in [-0.4, -0.2) is 46.9 Å². The largest absolute Gasteiger partial charge is 0.475 e. The summed E-state index contributed by atoms with van der Waals surface area (Å²) in [5.41, 5.74) is 1.16. The van der Waals surface area contributed by atoms with Gasteiger partial charge in [-0.05, 0) is 35.6 Å². The molecule has 1 heterocycles. The van der Waals surface area contributed by atoms with Gasteiger partial charge in [0, 0.05) is 17.9 Å². The molecule has 0 spiro atoms. The number of halogens is 1. The highest BCUT2D eigenvalue weighted by Crippen LogP contribution is 2.30. The van der Waals surface area contributed by atoms with Gasteiger partial charge in [-0.1, -0.05) is 73.1 Å². The Bertz CT molecular complexity index is 957. The van der Waals surface area contributed by atoms with Crippen LogP contribution in [-0.2, 0) is 27.4 Å². The second-order valence-electron chi connectivity index (χ2n) is 8.83. The third kappa shape index (κ3) is 7.30. The van der Waals surface area contributed by atoms with Gasteiger partial charge in [-0.25, -0.2) is 0 Å². The maximum atomic E-state index is 13.4. The van der Waals surface area contributed by atoms with Crippen LogP contribution < -0.4 is 5.32 Å². The molecule has 3 rings (SSSR count). The van der Waals surface area contributed by atoms with Crippen molar-refractivity contribution in [1.29, 1.82) is 0 Å². The van der Waals surface area contributed by atoms with Gasteiger partial charge in [-0.2, -0.15) is 0 Å². The molecule has 0 fully saturated rings. The quantitative estimate of drug-likeness (QED) is 0.436. The summed E-state index contributed by atoms with van der Waals surface area (Å²) < 4.78 is 5.77. The van der Waals surface area contributed by atoms with Gasteiger partial charge in [-0.15, -0.1) is 0 Å². The summed E-state index contributed by atoms with van der Waals surface area (Å²) in [5, 5.41) is 27.1. The lowest BCUT2D eigenvalue weighted by Gasteiger charge is -2.29. The number of amides is 1. The number of hydrogen-bond donors (Lipinski definition) is 3. The lowest BCUT2D eigenvalue weighted by molar-refractivity contribution is -0.144. The number of carbonyl (C=O) groups is 1. The predicted molar refractivity (Wildman–Crippen MR) is 129 cm³/mol. The van der Waals surface area contributed by atoms with Crippen molar-refractivity contribution in [2.24, 2.45) is 11.1 Å². The van der Waals surface area contributed by atoms with E-state index in [-0.39, 0.29) is 25.4 Å². The zero-order chi connectivity index (χ0) is 23.8. The third-order valence-corrected chi connectivity index (χ3v) is 5.65.